The van der Waals surface area contributed by atoms with Crippen molar-refractivity contribution in [1.82, 2.24) is 24.3 Å². The third-order valence-corrected chi connectivity index (χ3v) is 16.0. The summed E-state index contributed by atoms with van der Waals surface area (Å²) >= 11 is 7.94. The quantitative estimate of drug-likeness (QED) is 0.0810. The molecule has 0 aromatic heterocycles. The average molecular weight is 1160 g/mol. The van der Waals surface area contributed by atoms with Gasteiger partial charge in [0.05, 0.1) is 6.61 Å². The van der Waals surface area contributed by atoms with E-state index in [9.17, 15) is 31.2 Å². The van der Waals surface area contributed by atoms with Crippen LogP contribution in [0.5, 0.6) is 0 Å². The van der Waals surface area contributed by atoms with Gasteiger partial charge in [-0.15, -0.1) is 6.07 Å². The van der Waals surface area contributed by atoms with Gasteiger partial charge in [0.15, 0.2) is 6.68 Å². The monoisotopic (exact) mass is 1150 g/mol. The van der Waals surface area contributed by atoms with Crippen LogP contribution in [0.25, 0.3) is 5.57 Å². The number of halogens is 4. The van der Waals surface area contributed by atoms with Crippen LogP contribution in [0.3, 0.4) is 0 Å². The molecule has 4 aliphatic rings. The first-order valence-corrected chi connectivity index (χ1v) is 28.3. The molecule has 1 atom stereocenters. The Balaban J connectivity index is 0.00000176. The number of hydrogen-bond acceptors (Lipinski definition) is 12. The number of thioether (sulfide) groups is 1. The molecule has 0 bridgehead atoms. The molecule has 77 heavy (non-hydrogen) atoms. The van der Waals surface area contributed by atoms with E-state index in [-0.39, 0.29) is 47.9 Å². The van der Waals surface area contributed by atoms with E-state index in [1.54, 1.807) is 30.0 Å². The molecule has 1 aliphatic carbocycles. The largest absolute Gasteiger partial charge is 0.444 e. The van der Waals surface area contributed by atoms with E-state index in [1.165, 1.54) is 28.8 Å². The van der Waals surface area contributed by atoms with Crippen molar-refractivity contribution in [1.29, 1.82) is 0 Å². The first-order chi connectivity index (χ1) is 36.0. The summed E-state index contributed by atoms with van der Waals surface area (Å²) < 4.78 is 69.2. The summed E-state index contributed by atoms with van der Waals surface area (Å²) in [5.74, 6) is -0.154. The zero-order chi connectivity index (χ0) is 53.4. The molecule has 0 spiro atoms. The summed E-state index contributed by atoms with van der Waals surface area (Å²) in [6.45, 7) is 15.3. The van der Waals surface area contributed by atoms with E-state index in [1.807, 2.05) is 68.1 Å². The number of benzene rings is 4. The topological polar surface area (TPSA) is 158 Å². The number of hydrogen-bond donors (Lipinski definition) is 2. The number of carbonyl (C=O) groups is 2. The summed E-state index contributed by atoms with van der Waals surface area (Å²) in [7, 11) is -4.16. The number of nitrogens with one attached hydrogen (secondary N) is 2. The number of allylic oxidation sites excluding steroid dienone is 1. The van der Waals surface area contributed by atoms with E-state index in [4.69, 9.17) is 21.1 Å². The molecule has 3 heterocycles. The number of sulfonamides is 1. The van der Waals surface area contributed by atoms with Gasteiger partial charge in [0, 0.05) is 151 Å². The predicted molar refractivity (Wildman–Crippen MR) is 296 cm³/mol. The molecule has 3 fully saturated rings. The van der Waals surface area contributed by atoms with E-state index in [2.05, 4.69) is 65.4 Å². The van der Waals surface area contributed by atoms with Gasteiger partial charge in [-0.2, -0.15) is 18.2 Å². The molecule has 0 saturated carbocycles. The van der Waals surface area contributed by atoms with Crippen LogP contribution in [0.15, 0.2) is 124 Å². The fourth-order valence-corrected chi connectivity index (χ4v) is 11.5. The molecule has 4 aromatic carbocycles. The van der Waals surface area contributed by atoms with Crippen molar-refractivity contribution in [3.05, 3.63) is 143 Å². The molecule has 21 heteroatoms. The first kappa shape index (κ1) is 63.6. The van der Waals surface area contributed by atoms with Gasteiger partial charge in [-0.25, -0.2) is 13.2 Å². The second-order valence-corrected chi connectivity index (χ2v) is 23.2. The number of carbonyl (C=O) groups excluding carboxylic acids is 2. The maximum absolute atomic E-state index is 13.4. The Morgan fingerprint density at radius 1 is 0.857 bits per heavy atom. The molecule has 3 saturated heterocycles. The summed E-state index contributed by atoms with van der Waals surface area (Å²) in [6, 6.07) is 33.2. The molecular formula is C56H71ClF3N7O7S2Sc-2. The molecule has 417 valence electrons. The standard InChI is InChI=1S/C55H69ClN7O6S2.CF3.H2O.Sc/c1-55(2,3)69-54(65)63-33-29-60(30-34-63)39-42-10-23-52(43-11-15-46(56)16-12-43)45(38-42)40-61-27-31-62(32-28-61)49-19-13-44(14-20-49)53(64)58-71(66,67)51-21-17-47(18-22-51)57-48(41-70-50-8-5-4-6-9-50)24-26-59-25-7-36-68-37-35-59;2-1(3)4;;/h4-6,8-9,11-17,19-22,41-42,57H,7,10,23-40H2,1-3H3,(H,58,64);;1H2;/q2*-1;;/b48-41+;;;/t42-;;;/m1.../s1. The van der Waals surface area contributed by atoms with Gasteiger partial charge in [0.2, 0.25) is 10.0 Å². The summed E-state index contributed by atoms with van der Waals surface area (Å²) in [4.78, 5) is 38.7. The Morgan fingerprint density at radius 2 is 1.53 bits per heavy atom. The van der Waals surface area contributed by atoms with Crippen molar-refractivity contribution in [3.63, 3.8) is 0 Å². The Morgan fingerprint density at radius 3 is 2.18 bits per heavy atom. The number of anilines is 2. The second kappa shape index (κ2) is 30.9. The van der Waals surface area contributed by atoms with Crippen LogP contribution >= 0.6 is 23.4 Å². The van der Waals surface area contributed by atoms with Crippen molar-refractivity contribution in [2.24, 2.45) is 5.92 Å². The van der Waals surface area contributed by atoms with Gasteiger partial charge in [0.1, 0.15) is 5.60 Å². The van der Waals surface area contributed by atoms with Crippen molar-refractivity contribution >= 4 is 62.3 Å². The Bertz CT molecular complexity index is 2630. The zero-order valence-electron chi connectivity index (χ0n) is 44.1. The maximum Gasteiger partial charge on any atom is 0.410 e. The third-order valence-electron chi connectivity index (χ3n) is 13.5. The summed E-state index contributed by atoms with van der Waals surface area (Å²) in [5, 5.41) is 6.29. The van der Waals surface area contributed by atoms with Gasteiger partial charge in [-0.1, -0.05) is 65.0 Å². The van der Waals surface area contributed by atoms with Crippen LogP contribution in [0.1, 0.15) is 68.8 Å². The molecule has 14 nitrogen and oxygen atoms in total. The smallest absolute Gasteiger partial charge is 0.410 e. The van der Waals surface area contributed by atoms with Gasteiger partial charge < -0.3 is 48.1 Å². The molecule has 4 N–H and O–H groups in total. The van der Waals surface area contributed by atoms with Crippen LogP contribution in [0.4, 0.5) is 29.3 Å². The molecule has 3 aliphatic heterocycles. The Kier molecular flexibility index (Phi) is 25.5. The molecule has 1 radical (unpaired) electrons. The number of nitrogens with zero attached hydrogens (tertiary/aromatic N) is 5. The minimum Gasteiger partial charge on any atom is -0.444 e. The van der Waals surface area contributed by atoms with Crippen molar-refractivity contribution in [3.8, 4) is 0 Å². The number of piperazine rings is 2. The van der Waals surface area contributed by atoms with E-state index in [0.29, 0.717) is 24.7 Å². The SMILES string of the molecule is CC(C)(C)OC(=O)N1CCN(C[C@@H]2CCC(c3ccc(Cl)cc3)=C(CN3CCN(c4ccc(C(=O)NS(=O)(=O)c5c[c-]c(N/C(=C/Sc6ccccc6)CCN6CCCOCC6)cc5)cc4)CC3)C2)CC1.F[C-](F)F.O.[Sc]. The van der Waals surface area contributed by atoms with Crippen molar-refractivity contribution in [2.45, 2.75) is 68.3 Å². The van der Waals surface area contributed by atoms with Crippen LogP contribution in [0, 0.1) is 18.7 Å². The maximum atomic E-state index is 13.4. The fraction of sp³-hybridized carbons (Fsp3) is 0.446. The molecule has 8 rings (SSSR count). The molecule has 4 aromatic rings. The number of ether oxygens (including phenoxy) is 2. The molecule has 2 amide bonds. The van der Waals surface area contributed by atoms with E-state index < -0.39 is 28.2 Å². The summed E-state index contributed by atoms with van der Waals surface area (Å²) in [6.07, 6.45) is 4.73. The Hall–Kier alpha value is -4.25. The molecular weight excluding hydrogens is 1080 g/mol. The fourth-order valence-electron chi connectivity index (χ4n) is 9.63. The van der Waals surface area contributed by atoms with Crippen molar-refractivity contribution in [2.75, 3.05) is 109 Å². The van der Waals surface area contributed by atoms with Gasteiger partial charge in [0.25, 0.3) is 5.91 Å². The Labute approximate surface area is 480 Å². The van der Waals surface area contributed by atoms with E-state index in [0.717, 1.165) is 139 Å². The third kappa shape index (κ3) is 20.7. The first-order valence-electron chi connectivity index (χ1n) is 25.6. The average Bonchev–Trinajstić information content (AvgIpc) is 3.67. The number of rotatable bonds is 16. The van der Waals surface area contributed by atoms with Crippen LogP contribution in [-0.2, 0) is 45.3 Å². The predicted octanol–water partition coefficient (Wildman–Crippen LogP) is 9.86. The van der Waals surface area contributed by atoms with Crippen LogP contribution in [-0.4, -0.2) is 149 Å². The van der Waals surface area contributed by atoms with Gasteiger partial charge >= 0.3 is 6.09 Å². The second-order valence-electron chi connectivity index (χ2n) is 20.1. The minimum atomic E-state index is -4.16. The zero-order valence-corrected chi connectivity index (χ0v) is 48.3. The normalized spacial score (nSPS) is 18.3. The van der Waals surface area contributed by atoms with Gasteiger partial charge in [-0.05, 0) is 122 Å². The molecule has 0 unspecified atom stereocenters. The van der Waals surface area contributed by atoms with E-state index >= 15 is 0 Å². The van der Waals surface area contributed by atoms with Crippen molar-refractivity contribution < 1.29 is 72.0 Å². The van der Waals surface area contributed by atoms with Crippen LogP contribution in [0.2, 0.25) is 5.02 Å². The van der Waals surface area contributed by atoms with Crippen LogP contribution < -0.4 is 14.9 Å². The minimum absolute atomic E-state index is 0. The van der Waals surface area contributed by atoms with Gasteiger partial charge in [-0.3, -0.25) is 19.3 Å². The summed E-state index contributed by atoms with van der Waals surface area (Å²) in [5.41, 5.74) is 6.54. The number of amides is 2.